The van der Waals surface area contributed by atoms with Crippen molar-refractivity contribution in [1.82, 2.24) is 5.32 Å². The first-order valence-corrected chi connectivity index (χ1v) is 10.8. The molecule has 0 bridgehead atoms. The molecule has 0 aliphatic carbocycles. The van der Waals surface area contributed by atoms with Crippen LogP contribution in [0.1, 0.15) is 39.3 Å². The zero-order chi connectivity index (χ0) is 22.5. The molecular weight excluding hydrogens is 422 g/mol. The van der Waals surface area contributed by atoms with E-state index < -0.39 is 11.6 Å². The summed E-state index contributed by atoms with van der Waals surface area (Å²) in [4.78, 5) is 24.1. The number of nitrogens with one attached hydrogen (secondary N) is 1. The quantitative estimate of drug-likeness (QED) is 0.615. The maximum absolute atomic E-state index is 13.4. The van der Waals surface area contributed by atoms with Crippen molar-refractivity contribution in [3.8, 4) is 0 Å². The number of aryl methyl sites for hydroxylation is 3. The van der Waals surface area contributed by atoms with Gasteiger partial charge < -0.3 is 10.2 Å². The smallest absolute Gasteiger partial charge is 0.319 e. The van der Waals surface area contributed by atoms with Gasteiger partial charge in [0.05, 0.1) is 0 Å². The number of hydrogen-bond donors (Lipinski definition) is 1. The summed E-state index contributed by atoms with van der Waals surface area (Å²) in [5.41, 5.74) is 5.14. The molecule has 1 N–H and O–H groups in total. The topological polar surface area (TPSA) is 63.1 Å². The maximum atomic E-state index is 13.4. The van der Waals surface area contributed by atoms with Crippen LogP contribution in [0, 0.1) is 20.8 Å². The molecular formula is C26H22ClN3O2. The largest absolute Gasteiger partial charge is 0.353 e. The number of nitrogens with zero attached hydrogens (tertiary/aromatic N) is 2. The lowest BCUT2D eigenvalue weighted by Crippen LogP contribution is -2.45. The van der Waals surface area contributed by atoms with Crippen molar-refractivity contribution >= 4 is 29.1 Å². The Labute approximate surface area is 191 Å². The number of hydrogen-bond acceptors (Lipinski definition) is 4. The zero-order valence-corrected chi connectivity index (χ0v) is 18.8. The molecule has 1 amide bonds. The van der Waals surface area contributed by atoms with Gasteiger partial charge in [-0.15, -0.1) is 0 Å². The first-order valence-electron chi connectivity index (χ1n) is 10.5. The number of amidine groups is 1. The molecule has 160 valence electrons. The molecule has 3 aromatic carbocycles. The van der Waals surface area contributed by atoms with Crippen LogP contribution in [0.2, 0.25) is 5.02 Å². The molecule has 0 fully saturated rings. The first-order chi connectivity index (χ1) is 15.4. The maximum Gasteiger partial charge on any atom is 0.319 e. The third-order valence-corrected chi connectivity index (χ3v) is 6.22. The van der Waals surface area contributed by atoms with Crippen molar-refractivity contribution in [1.29, 1.82) is 0 Å². The van der Waals surface area contributed by atoms with Crippen LogP contribution >= 0.6 is 11.6 Å². The van der Waals surface area contributed by atoms with E-state index in [0.29, 0.717) is 16.6 Å². The van der Waals surface area contributed by atoms with Gasteiger partial charge in [-0.3, -0.25) is 4.79 Å². The van der Waals surface area contributed by atoms with Gasteiger partial charge in [0, 0.05) is 16.1 Å². The van der Waals surface area contributed by atoms with Gasteiger partial charge in [0.15, 0.2) is 0 Å². The highest BCUT2D eigenvalue weighted by molar-refractivity contribution is 6.30. The van der Waals surface area contributed by atoms with Crippen LogP contribution in [0.25, 0.3) is 0 Å². The Morgan fingerprint density at radius 3 is 2.28 bits per heavy atom. The number of benzene rings is 3. The highest BCUT2D eigenvalue weighted by Gasteiger charge is 2.59. The number of oxime groups is 1. The minimum Gasteiger partial charge on any atom is -0.353 e. The Hall–Kier alpha value is -3.44. The third kappa shape index (κ3) is 3.21. The Morgan fingerprint density at radius 2 is 1.62 bits per heavy atom. The summed E-state index contributed by atoms with van der Waals surface area (Å²) in [5.74, 6) is -0.387. The van der Waals surface area contributed by atoms with Gasteiger partial charge in [0.1, 0.15) is 17.5 Å². The van der Waals surface area contributed by atoms with E-state index in [1.165, 1.54) is 5.56 Å². The molecule has 2 atom stereocenters. The molecule has 0 radical (unpaired) electrons. The molecule has 1 spiro atoms. The molecule has 5 rings (SSSR count). The summed E-state index contributed by atoms with van der Waals surface area (Å²) in [5, 5.41) is 8.00. The van der Waals surface area contributed by atoms with Gasteiger partial charge in [-0.05, 0) is 49.6 Å². The van der Waals surface area contributed by atoms with Crippen molar-refractivity contribution in [2.45, 2.75) is 32.4 Å². The van der Waals surface area contributed by atoms with Crippen LogP contribution in [0.3, 0.4) is 0 Å². The van der Waals surface area contributed by atoms with Crippen LogP contribution in [0.5, 0.6) is 0 Å². The summed E-state index contributed by atoms with van der Waals surface area (Å²) in [6.45, 7) is 6.17. The first kappa shape index (κ1) is 20.5. The van der Waals surface area contributed by atoms with E-state index in [0.717, 1.165) is 27.8 Å². The molecule has 5 nitrogen and oxygen atoms in total. The fraction of sp³-hybridized carbons (Fsp3) is 0.192. The second kappa shape index (κ2) is 7.61. The summed E-state index contributed by atoms with van der Waals surface area (Å²) in [7, 11) is 0. The SMILES string of the molecule is Cc1cc(C)c(C2=NO[C@]3(N=C(c4ccccc4)NC3=O)[C@@H]2c2ccc(Cl)cc2)c(C)c1. The molecule has 0 saturated heterocycles. The normalized spacial score (nSPS) is 21.9. The lowest BCUT2D eigenvalue weighted by molar-refractivity contribution is -0.140. The molecule has 0 aromatic heterocycles. The van der Waals surface area contributed by atoms with Crippen LogP contribution in [0.15, 0.2) is 76.9 Å². The van der Waals surface area contributed by atoms with Crippen LogP contribution < -0.4 is 5.32 Å². The van der Waals surface area contributed by atoms with Crippen LogP contribution in [-0.2, 0) is 9.63 Å². The average molecular weight is 444 g/mol. The van der Waals surface area contributed by atoms with Gasteiger partial charge in [0.2, 0.25) is 0 Å². The number of carbonyl (C=O) groups is 1. The van der Waals surface area contributed by atoms with Crippen LogP contribution in [0.4, 0.5) is 0 Å². The molecule has 3 aromatic rings. The van der Waals surface area contributed by atoms with Gasteiger partial charge in [-0.1, -0.05) is 76.9 Å². The van der Waals surface area contributed by atoms with E-state index in [1.54, 1.807) is 0 Å². The highest BCUT2D eigenvalue weighted by Crippen LogP contribution is 2.45. The molecule has 2 aliphatic rings. The monoisotopic (exact) mass is 443 g/mol. The minimum atomic E-state index is -1.52. The predicted octanol–water partition coefficient (Wildman–Crippen LogP) is 5.06. The van der Waals surface area contributed by atoms with Crippen molar-refractivity contribution in [2.75, 3.05) is 0 Å². The Kier molecular flexibility index (Phi) is 4.86. The summed E-state index contributed by atoms with van der Waals surface area (Å²) < 4.78 is 0. The number of rotatable bonds is 3. The molecule has 0 saturated carbocycles. The summed E-state index contributed by atoms with van der Waals surface area (Å²) in [6, 6.07) is 21.2. The number of halogens is 1. The van der Waals surface area contributed by atoms with Gasteiger partial charge in [-0.2, -0.15) is 0 Å². The van der Waals surface area contributed by atoms with E-state index in [4.69, 9.17) is 21.4 Å². The van der Waals surface area contributed by atoms with Crippen molar-refractivity contribution in [3.63, 3.8) is 0 Å². The second-order valence-corrected chi connectivity index (χ2v) is 8.74. The number of aliphatic imine (C=N–C) groups is 1. The third-order valence-electron chi connectivity index (χ3n) is 5.97. The molecule has 2 aliphatic heterocycles. The Bertz CT molecular complexity index is 1260. The molecule has 0 unspecified atom stereocenters. The highest BCUT2D eigenvalue weighted by atomic mass is 35.5. The molecule has 32 heavy (non-hydrogen) atoms. The summed E-state index contributed by atoms with van der Waals surface area (Å²) >= 11 is 6.15. The van der Waals surface area contributed by atoms with Crippen molar-refractivity contribution in [2.24, 2.45) is 10.1 Å². The van der Waals surface area contributed by atoms with Crippen molar-refractivity contribution < 1.29 is 9.63 Å². The van der Waals surface area contributed by atoms with E-state index in [2.05, 4.69) is 43.4 Å². The molecule has 2 heterocycles. The average Bonchev–Trinajstić information content (AvgIpc) is 3.30. The minimum absolute atomic E-state index is 0.336. The van der Waals surface area contributed by atoms with E-state index in [-0.39, 0.29) is 5.91 Å². The van der Waals surface area contributed by atoms with E-state index in [1.807, 2.05) is 54.6 Å². The number of carbonyl (C=O) groups excluding carboxylic acids is 1. The van der Waals surface area contributed by atoms with E-state index in [9.17, 15) is 4.79 Å². The number of amides is 1. The standard InChI is InChI=1S/C26H22ClN3O2/c1-15-13-16(2)21(17(3)14-15)23-22(18-9-11-20(27)12-10-18)26(32-30-23)25(31)28-24(29-26)19-7-5-4-6-8-19/h4-14,22H,1-3H3,(H,28,29,31)/t22-,26-/m1/s1. The Morgan fingerprint density at radius 1 is 0.969 bits per heavy atom. The molecule has 6 heteroatoms. The van der Waals surface area contributed by atoms with Gasteiger partial charge in [-0.25, -0.2) is 4.99 Å². The lowest BCUT2D eigenvalue weighted by Gasteiger charge is -2.25. The van der Waals surface area contributed by atoms with Gasteiger partial charge >= 0.3 is 5.72 Å². The summed E-state index contributed by atoms with van der Waals surface area (Å²) in [6.07, 6.45) is 0. The van der Waals surface area contributed by atoms with Crippen molar-refractivity contribution in [3.05, 3.63) is 105 Å². The fourth-order valence-corrected chi connectivity index (χ4v) is 4.78. The zero-order valence-electron chi connectivity index (χ0n) is 18.0. The predicted molar refractivity (Wildman–Crippen MR) is 126 cm³/mol. The lowest BCUT2D eigenvalue weighted by atomic mass is 9.80. The van der Waals surface area contributed by atoms with Crippen LogP contribution in [-0.4, -0.2) is 23.2 Å². The fourth-order valence-electron chi connectivity index (χ4n) is 4.65. The Balaban J connectivity index is 1.69. The second-order valence-electron chi connectivity index (χ2n) is 8.30. The van der Waals surface area contributed by atoms with E-state index >= 15 is 0 Å². The van der Waals surface area contributed by atoms with Gasteiger partial charge in [0.25, 0.3) is 5.91 Å².